The quantitative estimate of drug-likeness (QED) is 0.528. The Balaban J connectivity index is 1.64. The summed E-state index contributed by atoms with van der Waals surface area (Å²) in [7, 11) is 0. The van der Waals surface area contributed by atoms with Gasteiger partial charge in [0, 0.05) is 28.2 Å². The zero-order valence-electron chi connectivity index (χ0n) is 15.5. The van der Waals surface area contributed by atoms with E-state index in [0.29, 0.717) is 28.0 Å². The molecule has 146 valence electrons. The van der Waals surface area contributed by atoms with Gasteiger partial charge in [-0.3, -0.25) is 4.79 Å². The number of aryl methyl sites for hydroxylation is 1. The van der Waals surface area contributed by atoms with Crippen LogP contribution in [0.3, 0.4) is 0 Å². The van der Waals surface area contributed by atoms with Crippen LogP contribution in [0.4, 0.5) is 17.3 Å². The molecule has 2 N–H and O–H groups in total. The standard InChI is InChI=1S/C20H17ClN6O2/c1-13-10-17-25-26(12-18(28)23-16-9-5-6-14(21)11-16)20(29)27(17)19(22-13)24-15-7-3-2-4-8-15/h2-11H,12H2,1H3,(H,22,24)(H,23,28). The number of hydrogen-bond donors (Lipinski definition) is 2. The van der Waals surface area contributed by atoms with E-state index in [2.05, 4.69) is 20.7 Å². The summed E-state index contributed by atoms with van der Waals surface area (Å²) in [5, 5.41) is 10.6. The van der Waals surface area contributed by atoms with E-state index >= 15 is 0 Å². The molecule has 0 radical (unpaired) electrons. The lowest BCUT2D eigenvalue weighted by atomic mass is 10.3. The Kier molecular flexibility index (Phi) is 5.01. The van der Waals surface area contributed by atoms with Gasteiger partial charge in [0.1, 0.15) is 6.54 Å². The number of aromatic nitrogens is 4. The monoisotopic (exact) mass is 408 g/mol. The Labute approximate surface area is 170 Å². The fourth-order valence-corrected chi connectivity index (χ4v) is 3.08. The third-order valence-electron chi connectivity index (χ3n) is 4.13. The fraction of sp³-hybridized carbons (Fsp3) is 0.100. The number of benzene rings is 2. The minimum atomic E-state index is -0.466. The molecule has 29 heavy (non-hydrogen) atoms. The van der Waals surface area contributed by atoms with Crippen molar-refractivity contribution < 1.29 is 4.79 Å². The average Bonchev–Trinajstić information content (AvgIpc) is 2.97. The molecule has 0 bridgehead atoms. The number of amides is 1. The van der Waals surface area contributed by atoms with Crippen molar-refractivity contribution in [3.63, 3.8) is 0 Å². The number of halogens is 1. The SMILES string of the molecule is Cc1cc2nn(CC(=O)Nc3cccc(Cl)c3)c(=O)n2c(Nc2ccccc2)n1. The van der Waals surface area contributed by atoms with Crippen molar-refractivity contribution in [1.82, 2.24) is 19.2 Å². The molecule has 0 spiro atoms. The lowest BCUT2D eigenvalue weighted by Gasteiger charge is -2.07. The van der Waals surface area contributed by atoms with Gasteiger partial charge in [0.05, 0.1) is 0 Å². The third kappa shape index (κ3) is 4.12. The summed E-state index contributed by atoms with van der Waals surface area (Å²) in [5.74, 6) is -0.0577. The van der Waals surface area contributed by atoms with Crippen LogP contribution in [0.5, 0.6) is 0 Å². The normalized spacial score (nSPS) is 10.8. The summed E-state index contributed by atoms with van der Waals surface area (Å²) < 4.78 is 2.44. The van der Waals surface area contributed by atoms with Gasteiger partial charge in [0.15, 0.2) is 5.65 Å². The van der Waals surface area contributed by atoms with Crippen molar-refractivity contribution in [2.45, 2.75) is 13.5 Å². The van der Waals surface area contributed by atoms with E-state index in [0.717, 1.165) is 10.4 Å². The summed E-state index contributed by atoms with van der Waals surface area (Å²) in [6.07, 6.45) is 0. The maximum atomic E-state index is 12.9. The van der Waals surface area contributed by atoms with Gasteiger partial charge in [-0.2, -0.15) is 0 Å². The third-order valence-corrected chi connectivity index (χ3v) is 4.36. The van der Waals surface area contributed by atoms with Crippen molar-refractivity contribution in [3.05, 3.63) is 81.9 Å². The first-order chi connectivity index (χ1) is 14.0. The number of hydrogen-bond acceptors (Lipinski definition) is 5. The molecule has 0 aliphatic carbocycles. The zero-order chi connectivity index (χ0) is 20.4. The summed E-state index contributed by atoms with van der Waals surface area (Å²) in [6.45, 7) is 1.57. The zero-order valence-corrected chi connectivity index (χ0v) is 16.2. The summed E-state index contributed by atoms with van der Waals surface area (Å²) in [6, 6.07) is 17.8. The molecule has 0 unspecified atom stereocenters. The molecule has 0 aliphatic heterocycles. The lowest BCUT2D eigenvalue weighted by molar-refractivity contribution is -0.117. The highest BCUT2D eigenvalue weighted by atomic mass is 35.5. The van der Waals surface area contributed by atoms with Crippen LogP contribution in [0.1, 0.15) is 5.69 Å². The van der Waals surface area contributed by atoms with E-state index in [4.69, 9.17) is 11.6 Å². The number of nitrogens with one attached hydrogen (secondary N) is 2. The van der Waals surface area contributed by atoms with E-state index in [-0.39, 0.29) is 12.5 Å². The van der Waals surface area contributed by atoms with Crippen LogP contribution in [0, 0.1) is 6.92 Å². The number of fused-ring (bicyclic) bond motifs is 1. The minimum Gasteiger partial charge on any atom is -0.325 e. The molecule has 4 rings (SSSR count). The summed E-state index contributed by atoms with van der Waals surface area (Å²) in [4.78, 5) is 29.7. The van der Waals surface area contributed by atoms with Crippen LogP contribution in [0.25, 0.3) is 5.65 Å². The van der Waals surface area contributed by atoms with Gasteiger partial charge in [-0.05, 0) is 37.3 Å². The second-order valence-corrected chi connectivity index (χ2v) is 6.84. The van der Waals surface area contributed by atoms with Crippen LogP contribution < -0.4 is 16.3 Å². The smallest absolute Gasteiger partial charge is 0.325 e. The maximum absolute atomic E-state index is 12.9. The Morgan fingerprint density at radius 3 is 2.59 bits per heavy atom. The molecule has 2 heterocycles. The number of anilines is 3. The number of rotatable bonds is 5. The van der Waals surface area contributed by atoms with Crippen molar-refractivity contribution in [3.8, 4) is 0 Å². The predicted molar refractivity (Wildman–Crippen MR) is 112 cm³/mol. The van der Waals surface area contributed by atoms with Crippen LogP contribution in [0.2, 0.25) is 5.02 Å². The van der Waals surface area contributed by atoms with Crippen molar-refractivity contribution in [1.29, 1.82) is 0 Å². The fourth-order valence-electron chi connectivity index (χ4n) is 2.89. The Bertz CT molecular complexity index is 1250. The predicted octanol–water partition coefficient (Wildman–Crippen LogP) is 3.24. The largest absolute Gasteiger partial charge is 0.353 e. The van der Waals surface area contributed by atoms with Gasteiger partial charge in [-0.1, -0.05) is 35.9 Å². The van der Waals surface area contributed by atoms with Crippen LogP contribution in [-0.4, -0.2) is 25.1 Å². The minimum absolute atomic E-state index is 0.239. The van der Waals surface area contributed by atoms with Crippen LogP contribution in [-0.2, 0) is 11.3 Å². The number of nitrogens with zero attached hydrogens (tertiary/aromatic N) is 4. The van der Waals surface area contributed by atoms with E-state index in [1.54, 1.807) is 30.3 Å². The summed E-state index contributed by atoms with van der Waals surface area (Å²) in [5.41, 5.74) is 1.95. The first-order valence-corrected chi connectivity index (χ1v) is 9.22. The second kappa shape index (κ2) is 7.76. The molecule has 9 heteroatoms. The Hall–Kier alpha value is -3.65. The van der Waals surface area contributed by atoms with Gasteiger partial charge in [0.2, 0.25) is 11.9 Å². The van der Waals surface area contributed by atoms with Crippen molar-refractivity contribution in [2.75, 3.05) is 10.6 Å². The Morgan fingerprint density at radius 2 is 1.83 bits per heavy atom. The highest BCUT2D eigenvalue weighted by Gasteiger charge is 2.15. The molecule has 0 saturated heterocycles. The van der Waals surface area contributed by atoms with Gasteiger partial charge in [0.25, 0.3) is 0 Å². The molecule has 4 aromatic rings. The Morgan fingerprint density at radius 1 is 1.07 bits per heavy atom. The molecule has 0 fully saturated rings. The van der Waals surface area contributed by atoms with Gasteiger partial charge in [-0.15, -0.1) is 5.10 Å². The molecule has 0 saturated carbocycles. The summed E-state index contributed by atoms with van der Waals surface area (Å²) >= 11 is 5.93. The van der Waals surface area contributed by atoms with Crippen LogP contribution >= 0.6 is 11.6 Å². The highest BCUT2D eigenvalue weighted by molar-refractivity contribution is 6.30. The van der Waals surface area contributed by atoms with E-state index < -0.39 is 5.69 Å². The lowest BCUT2D eigenvalue weighted by Crippen LogP contribution is -2.29. The molecule has 2 aromatic carbocycles. The number of para-hydroxylation sites is 1. The maximum Gasteiger partial charge on any atom is 0.353 e. The molecule has 0 atom stereocenters. The molecule has 1 amide bonds. The van der Waals surface area contributed by atoms with Gasteiger partial charge >= 0.3 is 5.69 Å². The van der Waals surface area contributed by atoms with Gasteiger partial charge < -0.3 is 10.6 Å². The molecule has 2 aromatic heterocycles. The first kappa shape index (κ1) is 18.7. The average molecular weight is 409 g/mol. The topological polar surface area (TPSA) is 93.3 Å². The van der Waals surface area contributed by atoms with E-state index in [1.807, 2.05) is 37.3 Å². The molecule has 0 aliphatic rings. The van der Waals surface area contributed by atoms with Crippen molar-refractivity contribution >= 4 is 40.5 Å². The molecular formula is C20H17ClN6O2. The van der Waals surface area contributed by atoms with E-state index in [1.165, 1.54) is 4.40 Å². The number of carbonyl (C=O) groups is 1. The van der Waals surface area contributed by atoms with Crippen molar-refractivity contribution in [2.24, 2.45) is 0 Å². The van der Waals surface area contributed by atoms with Crippen LogP contribution in [0.15, 0.2) is 65.5 Å². The first-order valence-electron chi connectivity index (χ1n) is 8.84. The molecular weight excluding hydrogens is 392 g/mol. The molecule has 8 nitrogen and oxygen atoms in total. The second-order valence-electron chi connectivity index (χ2n) is 6.40. The van der Waals surface area contributed by atoms with Gasteiger partial charge in [-0.25, -0.2) is 18.9 Å². The highest BCUT2D eigenvalue weighted by Crippen LogP contribution is 2.16. The van der Waals surface area contributed by atoms with E-state index in [9.17, 15) is 9.59 Å². The number of carbonyl (C=O) groups excluding carboxylic acids is 1.